The highest BCUT2D eigenvalue weighted by Crippen LogP contribution is 2.19. The Morgan fingerprint density at radius 2 is 1.78 bits per heavy atom. The number of hydrogen-bond acceptors (Lipinski definition) is 1. The van der Waals surface area contributed by atoms with Crippen LogP contribution in [0, 0.1) is 18.6 Å². The van der Waals surface area contributed by atoms with E-state index in [2.05, 4.69) is 0 Å². The number of halogens is 3. The van der Waals surface area contributed by atoms with Gasteiger partial charge in [0.05, 0.1) is 5.56 Å². The normalized spacial score (nSPS) is 10.4. The Hall–Kier alpha value is -1.74. The van der Waals surface area contributed by atoms with Crippen LogP contribution in [-0.4, -0.2) is 5.78 Å². The average molecular weight is 267 g/mol. The van der Waals surface area contributed by atoms with Gasteiger partial charge in [0.25, 0.3) is 0 Å². The summed E-state index contributed by atoms with van der Waals surface area (Å²) in [7, 11) is 0. The van der Waals surface area contributed by atoms with Crippen LogP contribution in [0.15, 0.2) is 36.4 Å². The predicted molar refractivity (Wildman–Crippen MR) is 66.0 cm³/mol. The molecule has 92 valence electrons. The number of hydrogen-bond donors (Lipinski definition) is 0. The number of carbonyl (C=O) groups is 1. The lowest BCUT2D eigenvalue weighted by atomic mass is 10.0. The zero-order chi connectivity index (χ0) is 13.3. The summed E-state index contributed by atoms with van der Waals surface area (Å²) >= 11 is 5.60. The van der Waals surface area contributed by atoms with Crippen LogP contribution in [0.2, 0.25) is 5.02 Å². The van der Waals surface area contributed by atoms with E-state index in [0.717, 1.165) is 12.1 Å². The van der Waals surface area contributed by atoms with Crippen LogP contribution in [0.4, 0.5) is 8.78 Å². The van der Waals surface area contributed by atoms with Crippen LogP contribution >= 0.6 is 11.6 Å². The van der Waals surface area contributed by atoms with Gasteiger partial charge < -0.3 is 0 Å². The highest BCUT2D eigenvalue weighted by Gasteiger charge is 2.15. The van der Waals surface area contributed by atoms with Crippen molar-refractivity contribution in [3.63, 3.8) is 0 Å². The minimum atomic E-state index is -0.714. The first kappa shape index (κ1) is 12.7. The molecule has 0 spiro atoms. The molecule has 0 aliphatic rings. The lowest BCUT2D eigenvalue weighted by molar-refractivity contribution is 0.103. The smallest absolute Gasteiger partial charge is 0.196 e. The summed E-state index contributed by atoms with van der Waals surface area (Å²) in [4.78, 5) is 12.0. The topological polar surface area (TPSA) is 17.1 Å². The van der Waals surface area contributed by atoms with E-state index < -0.39 is 17.4 Å². The van der Waals surface area contributed by atoms with Gasteiger partial charge in [0.2, 0.25) is 0 Å². The molecule has 0 bridgehead atoms. The van der Waals surface area contributed by atoms with Crippen molar-refractivity contribution in [2.45, 2.75) is 6.92 Å². The van der Waals surface area contributed by atoms with Gasteiger partial charge in [-0.2, -0.15) is 0 Å². The Morgan fingerprint density at radius 1 is 1.06 bits per heavy atom. The molecular formula is C14H9ClF2O. The first-order chi connectivity index (χ1) is 8.49. The maximum atomic E-state index is 13.6. The average Bonchev–Trinajstić information content (AvgIpc) is 2.32. The van der Waals surface area contributed by atoms with Gasteiger partial charge in [0, 0.05) is 10.6 Å². The summed E-state index contributed by atoms with van der Waals surface area (Å²) in [5.74, 6) is -1.77. The third-order valence-corrected chi connectivity index (χ3v) is 2.84. The molecule has 0 unspecified atom stereocenters. The van der Waals surface area contributed by atoms with Crippen LogP contribution < -0.4 is 0 Å². The molecule has 0 aromatic heterocycles. The lowest BCUT2D eigenvalue weighted by Crippen LogP contribution is -2.05. The van der Waals surface area contributed by atoms with E-state index in [1.54, 1.807) is 6.92 Å². The molecule has 0 aliphatic carbocycles. The zero-order valence-corrected chi connectivity index (χ0v) is 10.3. The minimum absolute atomic E-state index is 0.110. The molecule has 18 heavy (non-hydrogen) atoms. The van der Waals surface area contributed by atoms with Gasteiger partial charge in [-0.3, -0.25) is 4.79 Å². The van der Waals surface area contributed by atoms with Gasteiger partial charge in [-0.1, -0.05) is 23.7 Å². The van der Waals surface area contributed by atoms with Crippen LogP contribution in [0.1, 0.15) is 21.5 Å². The van der Waals surface area contributed by atoms with Gasteiger partial charge >= 0.3 is 0 Å². The Kier molecular flexibility index (Phi) is 3.43. The van der Waals surface area contributed by atoms with Crippen LogP contribution in [0.3, 0.4) is 0 Å². The monoisotopic (exact) mass is 266 g/mol. The van der Waals surface area contributed by atoms with E-state index in [1.807, 2.05) is 0 Å². The maximum Gasteiger partial charge on any atom is 0.196 e. The largest absolute Gasteiger partial charge is 0.288 e. The van der Waals surface area contributed by atoms with Gasteiger partial charge in [0.1, 0.15) is 11.6 Å². The van der Waals surface area contributed by atoms with E-state index in [1.165, 1.54) is 24.3 Å². The second kappa shape index (κ2) is 4.86. The van der Waals surface area contributed by atoms with Crippen LogP contribution in [-0.2, 0) is 0 Å². The van der Waals surface area contributed by atoms with E-state index in [0.29, 0.717) is 5.56 Å². The Bertz CT molecular complexity index is 623. The van der Waals surface area contributed by atoms with E-state index >= 15 is 0 Å². The summed E-state index contributed by atoms with van der Waals surface area (Å²) in [6.07, 6.45) is 0. The van der Waals surface area contributed by atoms with Crippen molar-refractivity contribution in [1.82, 2.24) is 0 Å². The Morgan fingerprint density at radius 3 is 2.39 bits per heavy atom. The maximum absolute atomic E-state index is 13.6. The van der Waals surface area contributed by atoms with Crippen molar-refractivity contribution >= 4 is 17.4 Å². The van der Waals surface area contributed by atoms with Crippen molar-refractivity contribution in [2.24, 2.45) is 0 Å². The number of carbonyl (C=O) groups excluding carboxylic acids is 1. The summed E-state index contributed by atoms with van der Waals surface area (Å²) < 4.78 is 26.9. The van der Waals surface area contributed by atoms with Crippen molar-refractivity contribution in [3.8, 4) is 0 Å². The first-order valence-electron chi connectivity index (χ1n) is 5.25. The van der Waals surface area contributed by atoms with E-state index in [-0.39, 0.29) is 16.1 Å². The molecule has 0 aliphatic heterocycles. The van der Waals surface area contributed by atoms with Crippen molar-refractivity contribution < 1.29 is 13.6 Å². The standard InChI is InChI=1S/C14H9ClF2O/c1-8-2-3-9(6-12(8)16)14(18)11-5-4-10(15)7-13(11)17/h2-7H,1H3. The minimum Gasteiger partial charge on any atom is -0.288 e. The molecule has 2 rings (SSSR count). The number of ketones is 1. The molecule has 0 N–H and O–H groups in total. The lowest BCUT2D eigenvalue weighted by Gasteiger charge is -2.04. The molecule has 0 radical (unpaired) electrons. The summed E-state index contributed by atoms with van der Waals surface area (Å²) in [6, 6.07) is 7.82. The molecule has 2 aromatic carbocycles. The number of aryl methyl sites for hydroxylation is 1. The highest BCUT2D eigenvalue weighted by molar-refractivity contribution is 6.30. The van der Waals surface area contributed by atoms with Gasteiger partial charge in [0.15, 0.2) is 5.78 Å². The second-order valence-corrected chi connectivity index (χ2v) is 4.35. The fraction of sp³-hybridized carbons (Fsp3) is 0.0714. The SMILES string of the molecule is Cc1ccc(C(=O)c2ccc(Cl)cc2F)cc1F. The van der Waals surface area contributed by atoms with E-state index in [9.17, 15) is 13.6 Å². The molecule has 0 saturated heterocycles. The molecule has 0 atom stereocenters. The van der Waals surface area contributed by atoms with Gasteiger partial charge in [-0.15, -0.1) is 0 Å². The number of benzene rings is 2. The van der Waals surface area contributed by atoms with E-state index in [4.69, 9.17) is 11.6 Å². The third-order valence-electron chi connectivity index (χ3n) is 2.61. The number of rotatable bonds is 2. The molecule has 0 amide bonds. The Balaban J connectivity index is 2.44. The molecular weight excluding hydrogens is 258 g/mol. The first-order valence-corrected chi connectivity index (χ1v) is 5.63. The molecule has 0 heterocycles. The fourth-order valence-electron chi connectivity index (χ4n) is 1.56. The third kappa shape index (κ3) is 2.41. The summed E-state index contributed by atoms with van der Waals surface area (Å²) in [5.41, 5.74) is 0.421. The second-order valence-electron chi connectivity index (χ2n) is 3.92. The molecule has 0 saturated carbocycles. The van der Waals surface area contributed by atoms with Gasteiger partial charge in [-0.25, -0.2) is 8.78 Å². The van der Waals surface area contributed by atoms with Crippen molar-refractivity contribution in [3.05, 3.63) is 69.7 Å². The van der Waals surface area contributed by atoms with Crippen LogP contribution in [0.5, 0.6) is 0 Å². The fourth-order valence-corrected chi connectivity index (χ4v) is 1.72. The molecule has 2 aromatic rings. The predicted octanol–water partition coefficient (Wildman–Crippen LogP) is 4.16. The Labute approximate surface area is 108 Å². The highest BCUT2D eigenvalue weighted by atomic mass is 35.5. The van der Waals surface area contributed by atoms with Gasteiger partial charge in [-0.05, 0) is 36.8 Å². The van der Waals surface area contributed by atoms with Crippen molar-refractivity contribution in [2.75, 3.05) is 0 Å². The zero-order valence-electron chi connectivity index (χ0n) is 9.51. The molecule has 4 heteroatoms. The quantitative estimate of drug-likeness (QED) is 0.746. The van der Waals surface area contributed by atoms with Crippen molar-refractivity contribution in [1.29, 1.82) is 0 Å². The molecule has 1 nitrogen and oxygen atoms in total. The molecule has 0 fully saturated rings. The summed E-state index contributed by atoms with van der Waals surface area (Å²) in [5, 5.41) is 0.208. The summed E-state index contributed by atoms with van der Waals surface area (Å²) in [6.45, 7) is 1.59. The van der Waals surface area contributed by atoms with Crippen LogP contribution in [0.25, 0.3) is 0 Å².